The number of H-pyrrole nitrogens is 1. The van der Waals surface area contributed by atoms with Crippen LogP contribution in [0.5, 0.6) is 5.75 Å². The number of carbonyl (C=O) groups excluding carboxylic acids is 1. The van der Waals surface area contributed by atoms with E-state index >= 15 is 0 Å². The molecule has 1 atom stereocenters. The molecule has 2 aromatic carbocycles. The number of hydrogen-bond acceptors (Lipinski definition) is 3. The Morgan fingerprint density at radius 3 is 3.14 bits per heavy atom. The summed E-state index contributed by atoms with van der Waals surface area (Å²) in [6, 6.07) is 11.2. The lowest BCUT2D eigenvalue weighted by Crippen LogP contribution is -2.11. The SMILES string of the molecule is CC1Cc2cc(NC(=O)c3ccc4nc[nH]c4c3)ccc2O1. The van der Waals surface area contributed by atoms with Gasteiger partial charge in [0.1, 0.15) is 11.9 Å². The molecule has 2 heterocycles. The van der Waals surface area contributed by atoms with Crippen LogP contribution in [0.4, 0.5) is 5.69 Å². The largest absolute Gasteiger partial charge is 0.490 e. The number of fused-ring (bicyclic) bond motifs is 2. The zero-order chi connectivity index (χ0) is 15.1. The van der Waals surface area contributed by atoms with Crippen molar-refractivity contribution in [3.05, 3.63) is 53.9 Å². The summed E-state index contributed by atoms with van der Waals surface area (Å²) in [7, 11) is 0. The van der Waals surface area contributed by atoms with Crippen molar-refractivity contribution in [2.24, 2.45) is 0 Å². The normalized spacial score (nSPS) is 16.3. The minimum absolute atomic E-state index is 0.136. The van der Waals surface area contributed by atoms with Crippen LogP contribution in [-0.4, -0.2) is 22.0 Å². The first-order valence-electron chi connectivity index (χ1n) is 7.23. The predicted molar refractivity (Wildman–Crippen MR) is 84.3 cm³/mol. The van der Waals surface area contributed by atoms with Gasteiger partial charge in [0.2, 0.25) is 0 Å². The Hall–Kier alpha value is -2.82. The molecule has 1 aliphatic rings. The minimum Gasteiger partial charge on any atom is -0.490 e. The number of carbonyl (C=O) groups is 1. The van der Waals surface area contributed by atoms with Crippen LogP contribution in [0.3, 0.4) is 0 Å². The number of imidazole rings is 1. The summed E-state index contributed by atoms with van der Waals surface area (Å²) in [6.45, 7) is 2.04. The molecule has 3 aromatic rings. The van der Waals surface area contributed by atoms with Gasteiger partial charge in [0, 0.05) is 17.7 Å². The average Bonchev–Trinajstić information content (AvgIpc) is 3.10. The monoisotopic (exact) mass is 293 g/mol. The first-order chi connectivity index (χ1) is 10.7. The minimum atomic E-state index is -0.136. The van der Waals surface area contributed by atoms with Crippen molar-refractivity contribution in [3.63, 3.8) is 0 Å². The van der Waals surface area contributed by atoms with Gasteiger partial charge in [-0.15, -0.1) is 0 Å². The Bertz CT molecular complexity index is 869. The number of hydrogen-bond donors (Lipinski definition) is 2. The summed E-state index contributed by atoms with van der Waals surface area (Å²) >= 11 is 0. The van der Waals surface area contributed by atoms with Crippen LogP contribution in [0, 0.1) is 0 Å². The van der Waals surface area contributed by atoms with Crippen molar-refractivity contribution in [1.29, 1.82) is 0 Å². The van der Waals surface area contributed by atoms with Crippen LogP contribution in [0.1, 0.15) is 22.8 Å². The van der Waals surface area contributed by atoms with Gasteiger partial charge in [-0.05, 0) is 48.9 Å². The van der Waals surface area contributed by atoms with Crippen LogP contribution < -0.4 is 10.1 Å². The number of amides is 1. The molecular weight excluding hydrogens is 278 g/mol. The summed E-state index contributed by atoms with van der Waals surface area (Å²) in [5.74, 6) is 0.771. The van der Waals surface area contributed by atoms with Gasteiger partial charge < -0.3 is 15.0 Å². The zero-order valence-electron chi connectivity index (χ0n) is 12.1. The molecule has 5 nitrogen and oxygen atoms in total. The molecule has 0 aliphatic carbocycles. The number of aromatic nitrogens is 2. The molecule has 0 saturated heterocycles. The smallest absolute Gasteiger partial charge is 0.255 e. The lowest BCUT2D eigenvalue weighted by Gasteiger charge is -2.07. The molecule has 0 radical (unpaired) electrons. The Morgan fingerprint density at radius 1 is 1.32 bits per heavy atom. The van der Waals surface area contributed by atoms with Gasteiger partial charge in [0.15, 0.2) is 0 Å². The second-order valence-electron chi connectivity index (χ2n) is 5.54. The molecule has 22 heavy (non-hydrogen) atoms. The summed E-state index contributed by atoms with van der Waals surface area (Å²) in [6.07, 6.45) is 2.69. The van der Waals surface area contributed by atoms with Crippen molar-refractivity contribution in [2.75, 3.05) is 5.32 Å². The third kappa shape index (κ3) is 2.20. The van der Waals surface area contributed by atoms with Crippen molar-refractivity contribution < 1.29 is 9.53 Å². The van der Waals surface area contributed by atoms with E-state index in [1.54, 1.807) is 18.5 Å². The first-order valence-corrected chi connectivity index (χ1v) is 7.23. The highest BCUT2D eigenvalue weighted by Crippen LogP contribution is 2.31. The molecule has 4 rings (SSSR count). The quantitative estimate of drug-likeness (QED) is 0.762. The van der Waals surface area contributed by atoms with Crippen LogP contribution >= 0.6 is 0 Å². The van der Waals surface area contributed by atoms with E-state index < -0.39 is 0 Å². The summed E-state index contributed by atoms with van der Waals surface area (Å²) in [4.78, 5) is 19.5. The van der Waals surface area contributed by atoms with Gasteiger partial charge in [-0.25, -0.2) is 4.98 Å². The van der Waals surface area contributed by atoms with Crippen LogP contribution in [-0.2, 0) is 6.42 Å². The molecule has 2 N–H and O–H groups in total. The molecule has 110 valence electrons. The van der Waals surface area contributed by atoms with Crippen LogP contribution in [0.2, 0.25) is 0 Å². The van der Waals surface area contributed by atoms with Gasteiger partial charge in [-0.2, -0.15) is 0 Å². The highest BCUT2D eigenvalue weighted by atomic mass is 16.5. The number of ether oxygens (including phenoxy) is 1. The van der Waals surface area contributed by atoms with Gasteiger partial charge in [0.25, 0.3) is 5.91 Å². The van der Waals surface area contributed by atoms with Crippen LogP contribution in [0.25, 0.3) is 11.0 Å². The van der Waals surface area contributed by atoms with Crippen molar-refractivity contribution in [2.45, 2.75) is 19.4 Å². The van der Waals surface area contributed by atoms with Gasteiger partial charge >= 0.3 is 0 Å². The number of nitrogens with zero attached hydrogens (tertiary/aromatic N) is 1. The molecule has 5 heteroatoms. The highest BCUT2D eigenvalue weighted by molar-refractivity contribution is 6.06. The fraction of sp³-hybridized carbons (Fsp3) is 0.176. The molecule has 0 fully saturated rings. The number of aromatic amines is 1. The second-order valence-corrected chi connectivity index (χ2v) is 5.54. The van der Waals surface area contributed by atoms with E-state index in [0.29, 0.717) is 5.56 Å². The van der Waals surface area contributed by atoms with E-state index in [2.05, 4.69) is 15.3 Å². The Kier molecular flexibility index (Phi) is 2.85. The molecule has 1 aliphatic heterocycles. The Balaban J connectivity index is 1.58. The summed E-state index contributed by atoms with van der Waals surface area (Å²) in [5.41, 5.74) is 4.21. The van der Waals surface area contributed by atoms with Crippen molar-refractivity contribution in [1.82, 2.24) is 9.97 Å². The maximum Gasteiger partial charge on any atom is 0.255 e. The molecule has 0 saturated carbocycles. The number of benzene rings is 2. The molecule has 0 spiro atoms. The Labute approximate surface area is 127 Å². The summed E-state index contributed by atoms with van der Waals surface area (Å²) < 4.78 is 5.67. The fourth-order valence-corrected chi connectivity index (χ4v) is 2.78. The van der Waals surface area contributed by atoms with Gasteiger partial charge in [0.05, 0.1) is 17.4 Å². The van der Waals surface area contributed by atoms with Gasteiger partial charge in [-0.1, -0.05) is 0 Å². The van der Waals surface area contributed by atoms with E-state index in [-0.39, 0.29) is 12.0 Å². The predicted octanol–water partition coefficient (Wildman–Crippen LogP) is 3.14. The first kappa shape index (κ1) is 12.9. The molecule has 1 amide bonds. The maximum atomic E-state index is 12.4. The molecular formula is C17H15N3O2. The van der Waals surface area contributed by atoms with Gasteiger partial charge in [-0.3, -0.25) is 4.79 Å². The number of anilines is 1. The standard InChI is InChI=1S/C17H15N3O2/c1-10-6-12-7-13(3-5-16(12)22-10)20-17(21)11-2-4-14-15(8-11)19-9-18-14/h2-5,7-10H,6H2,1H3,(H,18,19)(H,20,21). The third-order valence-corrected chi connectivity index (χ3v) is 3.84. The molecule has 1 unspecified atom stereocenters. The van der Waals surface area contributed by atoms with E-state index in [0.717, 1.165) is 34.5 Å². The van der Waals surface area contributed by atoms with E-state index in [1.165, 1.54) is 0 Å². The zero-order valence-corrected chi connectivity index (χ0v) is 12.1. The second kappa shape index (κ2) is 4.87. The van der Waals surface area contributed by atoms with E-state index in [4.69, 9.17) is 4.74 Å². The van der Waals surface area contributed by atoms with Crippen molar-refractivity contribution in [3.8, 4) is 5.75 Å². The maximum absolute atomic E-state index is 12.4. The van der Waals surface area contributed by atoms with Crippen LogP contribution in [0.15, 0.2) is 42.7 Å². The fourth-order valence-electron chi connectivity index (χ4n) is 2.78. The molecule has 1 aromatic heterocycles. The number of nitrogens with one attached hydrogen (secondary N) is 2. The van der Waals surface area contributed by atoms with Crippen molar-refractivity contribution >= 4 is 22.6 Å². The molecule has 0 bridgehead atoms. The Morgan fingerprint density at radius 2 is 2.23 bits per heavy atom. The highest BCUT2D eigenvalue weighted by Gasteiger charge is 2.19. The number of rotatable bonds is 2. The van der Waals surface area contributed by atoms with E-state index in [9.17, 15) is 4.79 Å². The lowest BCUT2D eigenvalue weighted by molar-refractivity contribution is 0.102. The summed E-state index contributed by atoms with van der Waals surface area (Å²) in [5, 5.41) is 2.93. The topological polar surface area (TPSA) is 67.0 Å². The lowest BCUT2D eigenvalue weighted by atomic mass is 10.1. The van der Waals surface area contributed by atoms with E-state index in [1.807, 2.05) is 31.2 Å². The third-order valence-electron chi connectivity index (χ3n) is 3.84. The average molecular weight is 293 g/mol.